The van der Waals surface area contributed by atoms with Crippen LogP contribution in [0.25, 0.3) is 0 Å². The number of rotatable bonds is 16. The lowest BCUT2D eigenvalue weighted by atomic mass is 9.89. The molecule has 0 amide bonds. The molecule has 3 rings (SSSR count). The van der Waals surface area contributed by atoms with Crippen LogP contribution in [-0.2, 0) is 28.5 Å². The minimum Gasteiger partial charge on any atom is -0.478 e. The van der Waals surface area contributed by atoms with E-state index in [0.29, 0.717) is 31.8 Å². The van der Waals surface area contributed by atoms with E-state index < -0.39 is 5.97 Å². The summed E-state index contributed by atoms with van der Waals surface area (Å²) in [6.07, 6.45) is 22.4. The highest BCUT2D eigenvalue weighted by Crippen LogP contribution is 2.37. The number of allylic oxidation sites excluding steroid dienone is 4. The van der Waals surface area contributed by atoms with E-state index in [-0.39, 0.29) is 42.4 Å². The summed E-state index contributed by atoms with van der Waals surface area (Å²) in [5.41, 5.74) is 0. The fraction of sp³-hybridized carbons (Fsp3) is 0.750. The Hall–Kier alpha value is -1.80. The molecule has 2 heterocycles. The zero-order valence-electron chi connectivity index (χ0n) is 24.0. The van der Waals surface area contributed by atoms with Gasteiger partial charge in [0, 0.05) is 37.5 Å². The summed E-state index contributed by atoms with van der Waals surface area (Å²) in [7, 11) is 0. The van der Waals surface area contributed by atoms with Gasteiger partial charge in [-0.05, 0) is 63.7 Å². The highest BCUT2D eigenvalue weighted by Gasteiger charge is 2.42. The summed E-state index contributed by atoms with van der Waals surface area (Å²) in [6.45, 7) is 5.94. The summed E-state index contributed by atoms with van der Waals surface area (Å²) in [4.78, 5) is 24.0. The molecule has 1 aliphatic carbocycles. The van der Waals surface area contributed by atoms with E-state index in [1.54, 1.807) is 6.08 Å². The largest absolute Gasteiger partial charge is 0.478 e. The summed E-state index contributed by atoms with van der Waals surface area (Å²) in [6, 6.07) is 0. The van der Waals surface area contributed by atoms with E-state index in [0.717, 1.165) is 57.6 Å². The molecule has 220 valence electrons. The lowest BCUT2D eigenvalue weighted by Crippen LogP contribution is -2.31. The molecule has 0 spiro atoms. The molecular formula is C32H50O7. The minimum absolute atomic E-state index is 0.00285. The van der Waals surface area contributed by atoms with E-state index in [1.165, 1.54) is 19.3 Å². The normalized spacial score (nSPS) is 30.0. The molecule has 0 aromatic heterocycles. The molecule has 7 atom stereocenters. The molecule has 2 unspecified atom stereocenters. The third kappa shape index (κ3) is 11.7. The van der Waals surface area contributed by atoms with Crippen LogP contribution in [0.1, 0.15) is 97.3 Å². The molecule has 2 aliphatic heterocycles. The minimum atomic E-state index is -0.949. The second-order valence-corrected chi connectivity index (χ2v) is 11.4. The number of aliphatic carboxylic acids is 1. The van der Waals surface area contributed by atoms with Crippen LogP contribution in [0, 0.1) is 17.8 Å². The second-order valence-electron chi connectivity index (χ2n) is 11.4. The maximum atomic E-state index is 13.3. The van der Waals surface area contributed by atoms with Crippen molar-refractivity contribution in [3.05, 3.63) is 36.5 Å². The van der Waals surface area contributed by atoms with Gasteiger partial charge in [0.25, 0.3) is 0 Å². The van der Waals surface area contributed by atoms with Gasteiger partial charge in [0.1, 0.15) is 5.78 Å². The van der Waals surface area contributed by atoms with Crippen molar-refractivity contribution in [1.82, 2.24) is 0 Å². The molecule has 0 aromatic carbocycles. The first-order valence-electron chi connectivity index (χ1n) is 15.3. The first-order valence-corrected chi connectivity index (χ1v) is 15.3. The fourth-order valence-corrected chi connectivity index (χ4v) is 5.77. The molecular weight excluding hydrogens is 496 g/mol. The number of carbonyl (C=O) groups excluding carboxylic acids is 1. The average molecular weight is 547 g/mol. The van der Waals surface area contributed by atoms with E-state index in [2.05, 4.69) is 26.0 Å². The third-order valence-electron chi connectivity index (χ3n) is 7.97. The first-order chi connectivity index (χ1) is 19.0. The predicted octanol–water partition coefficient (Wildman–Crippen LogP) is 6.77. The number of ketones is 1. The molecule has 0 radical (unpaired) electrons. The van der Waals surface area contributed by atoms with Crippen molar-refractivity contribution in [3.63, 3.8) is 0 Å². The number of carboxylic acid groups (broad SMARTS) is 1. The zero-order chi connectivity index (χ0) is 27.9. The Morgan fingerprint density at radius 1 is 1.08 bits per heavy atom. The number of ether oxygens (including phenoxy) is 4. The summed E-state index contributed by atoms with van der Waals surface area (Å²) in [5, 5.41) is 8.80. The van der Waals surface area contributed by atoms with E-state index in [9.17, 15) is 9.59 Å². The summed E-state index contributed by atoms with van der Waals surface area (Å²) >= 11 is 0. The Labute approximate surface area is 235 Å². The van der Waals surface area contributed by atoms with Crippen molar-refractivity contribution in [2.75, 3.05) is 13.2 Å². The van der Waals surface area contributed by atoms with E-state index >= 15 is 0 Å². The van der Waals surface area contributed by atoms with Gasteiger partial charge >= 0.3 is 5.97 Å². The van der Waals surface area contributed by atoms with Gasteiger partial charge in [0.05, 0.1) is 12.2 Å². The molecule has 1 N–H and O–H groups in total. The van der Waals surface area contributed by atoms with Crippen LogP contribution in [0.5, 0.6) is 0 Å². The van der Waals surface area contributed by atoms with Gasteiger partial charge in [-0.1, -0.05) is 63.5 Å². The zero-order valence-corrected chi connectivity index (χ0v) is 24.0. The standard InChI is InChI=1S/C32H50O7/c1-3-4-13-24(2)22-25(38-31-16-9-11-20-36-31)18-19-26-27(14-7-5-6-8-15-30(34)35)29(23-28(26)33)39-32-17-10-12-21-37-32/h5,7-8,15,18-19,24-27,29,31-32H,3-4,6,9-14,16-17,20-23H2,1-2H3,(H,34,35)/t24-,25+,26+,27+,29-,31?,32?/m0/s1. The van der Waals surface area contributed by atoms with Crippen molar-refractivity contribution >= 4 is 11.8 Å². The van der Waals surface area contributed by atoms with Crippen molar-refractivity contribution in [1.29, 1.82) is 0 Å². The Kier molecular flexibility index (Phi) is 14.5. The molecule has 3 fully saturated rings. The Morgan fingerprint density at radius 3 is 2.49 bits per heavy atom. The van der Waals surface area contributed by atoms with Gasteiger partial charge in [0.2, 0.25) is 0 Å². The van der Waals surface area contributed by atoms with E-state index in [1.807, 2.05) is 12.2 Å². The van der Waals surface area contributed by atoms with Gasteiger partial charge in [-0.25, -0.2) is 4.79 Å². The molecule has 1 saturated carbocycles. The van der Waals surface area contributed by atoms with Crippen molar-refractivity contribution in [2.45, 2.75) is 122 Å². The number of hydrogen-bond donors (Lipinski definition) is 1. The van der Waals surface area contributed by atoms with Crippen molar-refractivity contribution < 1.29 is 33.6 Å². The van der Waals surface area contributed by atoms with Crippen LogP contribution < -0.4 is 0 Å². The first kappa shape index (κ1) is 31.7. The number of Topliss-reactive ketones (excluding diaryl/α,β-unsaturated/α-hetero) is 1. The third-order valence-corrected chi connectivity index (χ3v) is 7.97. The van der Waals surface area contributed by atoms with E-state index in [4.69, 9.17) is 24.1 Å². The second kappa shape index (κ2) is 17.8. The van der Waals surface area contributed by atoms with Gasteiger partial charge in [-0.15, -0.1) is 0 Å². The summed E-state index contributed by atoms with van der Waals surface area (Å²) in [5.74, 6) is -0.469. The lowest BCUT2D eigenvalue weighted by molar-refractivity contribution is -0.195. The van der Waals surface area contributed by atoms with Crippen LogP contribution >= 0.6 is 0 Å². The highest BCUT2D eigenvalue weighted by atomic mass is 16.7. The smallest absolute Gasteiger partial charge is 0.327 e. The number of unbranched alkanes of at least 4 members (excludes halogenated alkanes) is 1. The van der Waals surface area contributed by atoms with Crippen LogP contribution in [0.15, 0.2) is 36.5 Å². The average Bonchev–Trinajstić information content (AvgIpc) is 3.22. The molecule has 3 aliphatic rings. The Balaban J connectivity index is 1.70. The maximum absolute atomic E-state index is 13.3. The lowest BCUT2D eigenvalue weighted by Gasteiger charge is -2.29. The topological polar surface area (TPSA) is 91.3 Å². The number of carboxylic acids is 1. The summed E-state index contributed by atoms with van der Waals surface area (Å²) < 4.78 is 24.5. The maximum Gasteiger partial charge on any atom is 0.327 e. The molecule has 7 nitrogen and oxygen atoms in total. The molecule has 7 heteroatoms. The Morgan fingerprint density at radius 2 is 1.82 bits per heavy atom. The van der Waals surface area contributed by atoms with Gasteiger partial charge in [0.15, 0.2) is 12.6 Å². The highest BCUT2D eigenvalue weighted by molar-refractivity contribution is 5.86. The fourth-order valence-electron chi connectivity index (χ4n) is 5.77. The van der Waals surface area contributed by atoms with Crippen molar-refractivity contribution in [2.24, 2.45) is 17.8 Å². The quantitative estimate of drug-likeness (QED) is 0.169. The monoisotopic (exact) mass is 546 g/mol. The van der Waals surface area contributed by atoms with Crippen LogP contribution in [0.2, 0.25) is 0 Å². The van der Waals surface area contributed by atoms with Crippen LogP contribution in [-0.4, -0.2) is 54.9 Å². The predicted molar refractivity (Wildman–Crippen MR) is 151 cm³/mol. The van der Waals surface area contributed by atoms with Gasteiger partial charge in [-0.2, -0.15) is 0 Å². The number of hydrogen-bond acceptors (Lipinski definition) is 6. The molecule has 2 saturated heterocycles. The molecule has 0 aromatic rings. The van der Waals surface area contributed by atoms with Crippen molar-refractivity contribution in [3.8, 4) is 0 Å². The van der Waals surface area contributed by atoms with Crippen LogP contribution in [0.4, 0.5) is 0 Å². The van der Waals surface area contributed by atoms with Crippen LogP contribution in [0.3, 0.4) is 0 Å². The number of carbonyl (C=O) groups is 2. The Bertz CT molecular complexity index is 807. The molecule has 39 heavy (non-hydrogen) atoms. The SMILES string of the molecule is CCCC[C@H](C)C[C@@H](C=C[C@H]1C(=O)C[C@H](OC2CCCCO2)[C@@H]1CC=CCC=CC(=O)O)OC1CCCCO1. The van der Waals surface area contributed by atoms with Gasteiger partial charge < -0.3 is 24.1 Å². The molecule has 0 bridgehead atoms. The van der Waals surface area contributed by atoms with Gasteiger partial charge in [-0.3, -0.25) is 4.79 Å².